The van der Waals surface area contributed by atoms with Crippen molar-refractivity contribution < 1.29 is 43.7 Å². The molecule has 28 heavy (non-hydrogen) atoms. The normalized spacial score (nSPS) is 13.4. The van der Waals surface area contributed by atoms with Crippen LogP contribution in [0.25, 0.3) is 0 Å². The topological polar surface area (TPSA) is 214 Å². The average molecular weight is 404 g/mol. The summed E-state index contributed by atoms with van der Waals surface area (Å²) in [6.07, 6.45) is -1.38. The van der Waals surface area contributed by atoms with E-state index in [0.29, 0.717) is 0 Å². The molecule has 3 atom stereocenters. The Labute approximate surface area is 160 Å². The van der Waals surface area contributed by atoms with Gasteiger partial charge in [-0.25, -0.2) is 0 Å². The van der Waals surface area contributed by atoms with Crippen LogP contribution >= 0.6 is 0 Å². The van der Waals surface area contributed by atoms with Crippen LogP contribution in [-0.4, -0.2) is 77.6 Å². The molecule has 0 aliphatic heterocycles. The molecule has 158 valence electrons. The first-order valence-electron chi connectivity index (χ1n) is 8.12. The number of carboxylic acids is 2. The van der Waals surface area contributed by atoms with Crippen LogP contribution in [0, 0.1) is 0 Å². The molecule has 0 aromatic heterocycles. The summed E-state index contributed by atoms with van der Waals surface area (Å²) in [6, 6.07) is -3.83. The molecule has 0 bridgehead atoms. The van der Waals surface area contributed by atoms with Crippen LogP contribution < -0.4 is 21.7 Å². The Morgan fingerprint density at radius 1 is 0.929 bits per heavy atom. The van der Waals surface area contributed by atoms with E-state index in [4.69, 9.17) is 15.9 Å². The lowest BCUT2D eigenvalue weighted by atomic mass is 10.1. The van der Waals surface area contributed by atoms with E-state index in [1.807, 2.05) is 5.32 Å². The summed E-state index contributed by atoms with van der Waals surface area (Å²) in [6.45, 7) is 0.594. The first-order chi connectivity index (χ1) is 13.0. The number of carbonyl (C=O) groups excluding carboxylic acids is 4. The zero-order valence-corrected chi connectivity index (χ0v) is 15.4. The van der Waals surface area contributed by atoms with Crippen molar-refractivity contribution in [2.45, 2.75) is 44.3 Å². The Hall–Kier alpha value is -3.22. The highest BCUT2D eigenvalue weighted by molar-refractivity contribution is 5.95. The molecule has 0 spiro atoms. The Morgan fingerprint density at radius 3 is 1.96 bits per heavy atom. The Bertz CT molecular complexity index is 621. The molecular weight excluding hydrogens is 380 g/mol. The van der Waals surface area contributed by atoms with Gasteiger partial charge in [-0.15, -0.1) is 0 Å². The van der Waals surface area contributed by atoms with Crippen LogP contribution in [0.4, 0.5) is 0 Å². The monoisotopic (exact) mass is 404 g/mol. The lowest BCUT2D eigenvalue weighted by Gasteiger charge is -2.22. The highest BCUT2D eigenvalue weighted by Crippen LogP contribution is 2.02. The summed E-state index contributed by atoms with van der Waals surface area (Å²) in [5.74, 6) is -6.09. The third-order valence-corrected chi connectivity index (χ3v) is 3.34. The fraction of sp³-hybridized carbons (Fsp3) is 0.600. The van der Waals surface area contributed by atoms with Gasteiger partial charge in [-0.2, -0.15) is 0 Å². The second-order valence-corrected chi connectivity index (χ2v) is 5.74. The van der Waals surface area contributed by atoms with Gasteiger partial charge in [0.15, 0.2) is 0 Å². The van der Waals surface area contributed by atoms with Gasteiger partial charge in [-0.05, 0) is 13.3 Å². The summed E-state index contributed by atoms with van der Waals surface area (Å²) in [5, 5.41) is 23.8. The van der Waals surface area contributed by atoms with Gasteiger partial charge in [-0.3, -0.25) is 28.8 Å². The molecule has 0 saturated heterocycles. The first kappa shape index (κ1) is 24.8. The summed E-state index contributed by atoms with van der Waals surface area (Å²) in [7, 11) is 1.05. The first-order valence-corrected chi connectivity index (χ1v) is 8.12. The van der Waals surface area contributed by atoms with Gasteiger partial charge in [0, 0.05) is 6.42 Å². The average Bonchev–Trinajstić information content (AvgIpc) is 2.61. The number of rotatable bonds is 12. The van der Waals surface area contributed by atoms with Crippen molar-refractivity contribution in [2.75, 3.05) is 13.7 Å². The second kappa shape index (κ2) is 12.2. The van der Waals surface area contributed by atoms with Crippen LogP contribution in [0.3, 0.4) is 0 Å². The second-order valence-electron chi connectivity index (χ2n) is 5.74. The van der Waals surface area contributed by atoms with E-state index in [9.17, 15) is 28.8 Å². The van der Waals surface area contributed by atoms with Gasteiger partial charge >= 0.3 is 17.9 Å². The molecule has 0 aliphatic rings. The molecule has 13 heteroatoms. The molecule has 13 nitrogen and oxygen atoms in total. The third-order valence-electron chi connectivity index (χ3n) is 3.34. The summed E-state index contributed by atoms with van der Waals surface area (Å²) < 4.78 is 4.42. The lowest BCUT2D eigenvalue weighted by Crippen LogP contribution is -2.56. The van der Waals surface area contributed by atoms with Crippen LogP contribution in [0.1, 0.15) is 26.2 Å². The molecule has 0 aromatic rings. The molecule has 0 heterocycles. The van der Waals surface area contributed by atoms with E-state index >= 15 is 0 Å². The standard InChI is InChI=1S/C15H24N4O9/c1-7(16)13(25)18-8(3-4-10(20)21)15(27)19-9(5-12(24)28-2)14(26)17-6-11(22)23/h7-9H,3-6,16H2,1-2H3,(H,17,26)(H,18,25)(H,19,27)(H,20,21)(H,22,23)/t7-,8-,9-/m0/s1. The minimum absolute atomic E-state index is 0.304. The number of hydrogen-bond donors (Lipinski definition) is 6. The number of nitrogens with two attached hydrogens (primary N) is 1. The van der Waals surface area contributed by atoms with Gasteiger partial charge in [0.2, 0.25) is 17.7 Å². The van der Waals surface area contributed by atoms with Gasteiger partial charge in [0.1, 0.15) is 18.6 Å². The van der Waals surface area contributed by atoms with Crippen molar-refractivity contribution in [1.82, 2.24) is 16.0 Å². The van der Waals surface area contributed by atoms with Crippen molar-refractivity contribution in [3.05, 3.63) is 0 Å². The predicted molar refractivity (Wildman–Crippen MR) is 91.7 cm³/mol. The molecule has 3 amide bonds. The van der Waals surface area contributed by atoms with Crippen LogP contribution in [0.2, 0.25) is 0 Å². The van der Waals surface area contributed by atoms with Crippen LogP contribution in [0.15, 0.2) is 0 Å². The van der Waals surface area contributed by atoms with Crippen LogP contribution in [-0.2, 0) is 33.5 Å². The minimum Gasteiger partial charge on any atom is -0.481 e. The quantitative estimate of drug-likeness (QED) is 0.180. The molecule has 0 aliphatic carbocycles. The maximum absolute atomic E-state index is 12.4. The Balaban J connectivity index is 5.30. The van der Waals surface area contributed by atoms with Crippen LogP contribution in [0.5, 0.6) is 0 Å². The maximum Gasteiger partial charge on any atom is 0.322 e. The number of amides is 3. The molecule has 0 unspecified atom stereocenters. The molecule has 0 saturated carbocycles. The third kappa shape index (κ3) is 10.1. The van der Waals surface area contributed by atoms with Crippen molar-refractivity contribution in [3.63, 3.8) is 0 Å². The number of aliphatic carboxylic acids is 2. The minimum atomic E-state index is -1.50. The summed E-state index contributed by atoms with van der Waals surface area (Å²) >= 11 is 0. The summed E-state index contributed by atoms with van der Waals surface area (Å²) in [5.41, 5.74) is 5.40. The lowest BCUT2D eigenvalue weighted by molar-refractivity contribution is -0.144. The number of esters is 1. The summed E-state index contributed by atoms with van der Waals surface area (Å²) in [4.78, 5) is 69.0. The van der Waals surface area contributed by atoms with Gasteiger partial charge < -0.3 is 36.6 Å². The van der Waals surface area contributed by atoms with Crippen molar-refractivity contribution in [2.24, 2.45) is 5.73 Å². The van der Waals surface area contributed by atoms with E-state index in [1.165, 1.54) is 6.92 Å². The number of carbonyl (C=O) groups is 6. The molecule has 0 rings (SSSR count). The molecule has 7 N–H and O–H groups in total. The molecule has 0 radical (unpaired) electrons. The van der Waals surface area contributed by atoms with Gasteiger partial charge in [0.25, 0.3) is 0 Å². The Kier molecular flexibility index (Phi) is 10.8. The highest BCUT2D eigenvalue weighted by atomic mass is 16.5. The predicted octanol–water partition coefficient (Wildman–Crippen LogP) is -3.07. The van der Waals surface area contributed by atoms with E-state index in [-0.39, 0.29) is 6.42 Å². The zero-order valence-electron chi connectivity index (χ0n) is 15.4. The highest BCUT2D eigenvalue weighted by Gasteiger charge is 2.29. The van der Waals surface area contributed by atoms with Gasteiger partial charge in [-0.1, -0.05) is 0 Å². The fourth-order valence-electron chi connectivity index (χ4n) is 1.86. The smallest absolute Gasteiger partial charge is 0.322 e. The number of nitrogens with one attached hydrogen (secondary N) is 3. The number of hydrogen-bond acceptors (Lipinski definition) is 8. The van der Waals surface area contributed by atoms with Gasteiger partial charge in [0.05, 0.1) is 19.6 Å². The van der Waals surface area contributed by atoms with E-state index < -0.39 is 73.1 Å². The molecule has 0 aromatic carbocycles. The molecule has 0 fully saturated rings. The number of carboxylic acid groups (broad SMARTS) is 2. The van der Waals surface area contributed by atoms with Crippen molar-refractivity contribution >= 4 is 35.6 Å². The molecular formula is C15H24N4O9. The number of methoxy groups -OCH3 is 1. The van der Waals surface area contributed by atoms with Crippen molar-refractivity contribution in [1.29, 1.82) is 0 Å². The van der Waals surface area contributed by atoms with Crippen molar-refractivity contribution in [3.8, 4) is 0 Å². The largest absolute Gasteiger partial charge is 0.481 e. The van der Waals surface area contributed by atoms with E-state index in [0.717, 1.165) is 7.11 Å². The van der Waals surface area contributed by atoms with E-state index in [1.54, 1.807) is 0 Å². The van der Waals surface area contributed by atoms with E-state index in [2.05, 4.69) is 15.4 Å². The SMILES string of the molecule is COC(=O)C[C@H](NC(=O)[C@H](CCC(=O)O)NC(=O)[C@H](C)N)C(=O)NCC(=O)O. The number of ether oxygens (including phenoxy) is 1. The fourth-order valence-corrected chi connectivity index (χ4v) is 1.86. The maximum atomic E-state index is 12.4. The zero-order chi connectivity index (χ0) is 21.9. The Morgan fingerprint density at radius 2 is 1.50 bits per heavy atom.